The Hall–Kier alpha value is -2.03. The van der Waals surface area contributed by atoms with Gasteiger partial charge in [-0.1, -0.05) is 37.3 Å². The molecule has 0 heterocycles. The number of rotatable bonds is 6. The number of fused-ring (bicyclic) bond motifs is 1. The van der Waals surface area contributed by atoms with E-state index in [1.54, 1.807) is 0 Å². The van der Waals surface area contributed by atoms with E-state index in [1.165, 1.54) is 0 Å². The molecule has 2 aromatic carbocycles. The first kappa shape index (κ1) is 14.4. The summed E-state index contributed by atoms with van der Waals surface area (Å²) in [5.41, 5.74) is 0.975. The maximum atomic E-state index is 11.7. The molecule has 0 aliphatic carbocycles. The second-order valence-electron chi connectivity index (χ2n) is 4.60. The van der Waals surface area contributed by atoms with Crippen LogP contribution < -0.4 is 4.74 Å². The highest BCUT2D eigenvalue weighted by atomic mass is 16.5. The zero-order valence-electron chi connectivity index (χ0n) is 12.0. The summed E-state index contributed by atoms with van der Waals surface area (Å²) in [7, 11) is 0. The second kappa shape index (κ2) is 6.94. The van der Waals surface area contributed by atoms with Crippen molar-refractivity contribution in [2.24, 2.45) is 0 Å². The van der Waals surface area contributed by atoms with Crippen LogP contribution in [0.5, 0.6) is 5.75 Å². The van der Waals surface area contributed by atoms with Crippen molar-refractivity contribution in [3.05, 3.63) is 42.0 Å². The van der Waals surface area contributed by atoms with Gasteiger partial charge in [-0.05, 0) is 30.4 Å². The van der Waals surface area contributed by atoms with Gasteiger partial charge in [0.15, 0.2) is 0 Å². The first-order chi connectivity index (χ1) is 9.76. The summed E-state index contributed by atoms with van der Waals surface area (Å²) < 4.78 is 10.8. The maximum absolute atomic E-state index is 11.7. The van der Waals surface area contributed by atoms with Crippen LogP contribution in [0.25, 0.3) is 10.8 Å². The van der Waals surface area contributed by atoms with Crippen molar-refractivity contribution >= 4 is 16.7 Å². The van der Waals surface area contributed by atoms with E-state index in [0.29, 0.717) is 19.6 Å². The van der Waals surface area contributed by atoms with Crippen LogP contribution in [-0.2, 0) is 16.0 Å². The Balaban J connectivity index is 2.35. The molecule has 0 fully saturated rings. The van der Waals surface area contributed by atoms with E-state index in [0.717, 1.165) is 28.5 Å². The molecule has 2 rings (SSSR count). The molecule has 0 spiro atoms. The third kappa shape index (κ3) is 3.29. The molecule has 0 aliphatic rings. The molecule has 0 saturated heterocycles. The second-order valence-corrected chi connectivity index (χ2v) is 4.60. The summed E-state index contributed by atoms with van der Waals surface area (Å²) in [6.45, 7) is 5.00. The average molecular weight is 272 g/mol. The summed E-state index contributed by atoms with van der Waals surface area (Å²) in [4.78, 5) is 11.7. The van der Waals surface area contributed by atoms with Gasteiger partial charge in [0.05, 0.1) is 19.6 Å². The molecular weight excluding hydrogens is 252 g/mol. The number of carbonyl (C=O) groups excluding carboxylic acids is 1. The van der Waals surface area contributed by atoms with Crippen molar-refractivity contribution in [2.75, 3.05) is 13.2 Å². The highest BCUT2D eigenvalue weighted by molar-refractivity contribution is 5.93. The molecule has 20 heavy (non-hydrogen) atoms. The van der Waals surface area contributed by atoms with Gasteiger partial charge in [0.2, 0.25) is 0 Å². The van der Waals surface area contributed by atoms with E-state index >= 15 is 0 Å². The SMILES string of the molecule is CCCOc1ccc(CC(=O)OCC)c2ccccc12. The van der Waals surface area contributed by atoms with Gasteiger partial charge in [-0.2, -0.15) is 0 Å². The molecule has 0 bridgehead atoms. The third-order valence-electron chi connectivity index (χ3n) is 3.08. The summed E-state index contributed by atoms with van der Waals surface area (Å²) in [5, 5.41) is 2.09. The molecule has 106 valence electrons. The first-order valence-electron chi connectivity index (χ1n) is 7.05. The van der Waals surface area contributed by atoms with Gasteiger partial charge < -0.3 is 9.47 Å². The predicted octanol–water partition coefficient (Wildman–Crippen LogP) is 3.73. The fraction of sp³-hybridized carbons (Fsp3) is 0.353. The first-order valence-corrected chi connectivity index (χ1v) is 7.05. The highest BCUT2D eigenvalue weighted by Crippen LogP contribution is 2.29. The Labute approximate surface area is 119 Å². The standard InChI is InChI=1S/C17H20O3/c1-3-11-20-16-10-9-13(12-17(18)19-4-2)14-7-5-6-8-15(14)16/h5-10H,3-4,11-12H2,1-2H3. The maximum Gasteiger partial charge on any atom is 0.310 e. The average Bonchev–Trinajstić information content (AvgIpc) is 2.47. The lowest BCUT2D eigenvalue weighted by molar-refractivity contribution is -0.142. The van der Waals surface area contributed by atoms with Crippen LogP contribution in [0.15, 0.2) is 36.4 Å². The largest absolute Gasteiger partial charge is 0.493 e. The molecule has 3 nitrogen and oxygen atoms in total. The van der Waals surface area contributed by atoms with Gasteiger partial charge in [-0.15, -0.1) is 0 Å². The molecule has 0 atom stereocenters. The lowest BCUT2D eigenvalue weighted by atomic mass is 10.0. The van der Waals surface area contributed by atoms with Crippen LogP contribution in [0.2, 0.25) is 0 Å². The van der Waals surface area contributed by atoms with Crippen molar-refractivity contribution in [1.29, 1.82) is 0 Å². The van der Waals surface area contributed by atoms with E-state index in [2.05, 4.69) is 6.92 Å². The topological polar surface area (TPSA) is 35.5 Å². The zero-order chi connectivity index (χ0) is 14.4. The van der Waals surface area contributed by atoms with E-state index in [9.17, 15) is 4.79 Å². The molecule has 0 saturated carbocycles. The Morgan fingerprint density at radius 2 is 1.80 bits per heavy atom. The van der Waals surface area contributed by atoms with Gasteiger partial charge >= 0.3 is 5.97 Å². The normalized spacial score (nSPS) is 10.5. The molecule has 0 amide bonds. The van der Waals surface area contributed by atoms with Gasteiger partial charge in [0.1, 0.15) is 5.75 Å². The Morgan fingerprint density at radius 1 is 1.05 bits per heavy atom. The van der Waals surface area contributed by atoms with Crippen molar-refractivity contribution in [3.8, 4) is 5.75 Å². The number of carbonyl (C=O) groups is 1. The van der Waals surface area contributed by atoms with E-state index in [4.69, 9.17) is 9.47 Å². The predicted molar refractivity (Wildman–Crippen MR) is 80.1 cm³/mol. The molecule has 0 aliphatic heterocycles. The number of benzene rings is 2. The number of ether oxygens (including phenoxy) is 2. The number of hydrogen-bond acceptors (Lipinski definition) is 3. The highest BCUT2D eigenvalue weighted by Gasteiger charge is 2.10. The van der Waals surface area contributed by atoms with Crippen LogP contribution in [0, 0.1) is 0 Å². The molecule has 0 radical (unpaired) electrons. The fourth-order valence-corrected chi connectivity index (χ4v) is 2.19. The van der Waals surface area contributed by atoms with Crippen molar-refractivity contribution in [1.82, 2.24) is 0 Å². The molecule has 3 heteroatoms. The monoisotopic (exact) mass is 272 g/mol. The Morgan fingerprint density at radius 3 is 2.50 bits per heavy atom. The van der Waals surface area contributed by atoms with Gasteiger partial charge in [0, 0.05) is 5.39 Å². The van der Waals surface area contributed by atoms with Crippen LogP contribution in [0.3, 0.4) is 0 Å². The van der Waals surface area contributed by atoms with Gasteiger partial charge in [-0.3, -0.25) is 4.79 Å². The summed E-state index contributed by atoms with van der Waals surface area (Å²) >= 11 is 0. The molecular formula is C17H20O3. The molecule has 0 N–H and O–H groups in total. The molecule has 0 aromatic heterocycles. The quantitative estimate of drug-likeness (QED) is 0.752. The fourth-order valence-electron chi connectivity index (χ4n) is 2.19. The molecule has 2 aromatic rings. The third-order valence-corrected chi connectivity index (χ3v) is 3.08. The van der Waals surface area contributed by atoms with Crippen molar-refractivity contribution in [3.63, 3.8) is 0 Å². The minimum Gasteiger partial charge on any atom is -0.493 e. The van der Waals surface area contributed by atoms with E-state index in [-0.39, 0.29) is 5.97 Å². The van der Waals surface area contributed by atoms with Crippen LogP contribution in [0.4, 0.5) is 0 Å². The van der Waals surface area contributed by atoms with Crippen molar-refractivity contribution < 1.29 is 14.3 Å². The van der Waals surface area contributed by atoms with Crippen LogP contribution in [-0.4, -0.2) is 19.2 Å². The Kier molecular flexibility index (Phi) is 4.99. The van der Waals surface area contributed by atoms with Gasteiger partial charge in [-0.25, -0.2) is 0 Å². The van der Waals surface area contributed by atoms with Crippen LogP contribution >= 0.6 is 0 Å². The smallest absolute Gasteiger partial charge is 0.310 e. The summed E-state index contributed by atoms with van der Waals surface area (Å²) in [5.74, 6) is 0.676. The Bertz CT molecular complexity index is 590. The van der Waals surface area contributed by atoms with E-state index < -0.39 is 0 Å². The number of esters is 1. The minimum absolute atomic E-state index is 0.195. The minimum atomic E-state index is -0.195. The zero-order valence-corrected chi connectivity index (χ0v) is 12.0. The van der Waals surface area contributed by atoms with E-state index in [1.807, 2.05) is 43.3 Å². The summed E-state index contributed by atoms with van der Waals surface area (Å²) in [6.07, 6.45) is 1.27. The summed E-state index contributed by atoms with van der Waals surface area (Å²) in [6, 6.07) is 11.9. The number of hydrogen-bond donors (Lipinski definition) is 0. The van der Waals surface area contributed by atoms with Crippen LogP contribution in [0.1, 0.15) is 25.8 Å². The van der Waals surface area contributed by atoms with Gasteiger partial charge in [0.25, 0.3) is 0 Å². The molecule has 0 unspecified atom stereocenters. The lowest BCUT2D eigenvalue weighted by Gasteiger charge is -2.12. The van der Waals surface area contributed by atoms with Crippen molar-refractivity contribution in [2.45, 2.75) is 26.7 Å². The lowest BCUT2D eigenvalue weighted by Crippen LogP contribution is -2.08.